The standard InChI is InChI=1S/C23H20N6O3/c1-23(2)20(30)19(17-10-14(12-24)6-7-18(17)32-23)29-22(27-13-25)28-16-5-3-4-15(11-16)21-26-8-9-31-21/h3-11,19-20,30H,1-2H3,(H2,27,28,29)/t19-,20+/m1/s1. The highest BCUT2D eigenvalue weighted by molar-refractivity contribution is 5.95. The largest absolute Gasteiger partial charge is 0.485 e. The molecule has 1 aromatic heterocycles. The fourth-order valence-electron chi connectivity index (χ4n) is 3.55. The average molecular weight is 428 g/mol. The molecule has 9 nitrogen and oxygen atoms in total. The first-order chi connectivity index (χ1) is 15.4. The van der Waals surface area contributed by atoms with Gasteiger partial charge < -0.3 is 24.9 Å². The maximum atomic E-state index is 11.0. The number of aliphatic hydroxyl groups is 1. The van der Waals surface area contributed by atoms with Gasteiger partial charge in [0.1, 0.15) is 23.7 Å². The molecule has 3 aromatic rings. The molecule has 32 heavy (non-hydrogen) atoms. The number of fused-ring (bicyclic) bond motifs is 1. The summed E-state index contributed by atoms with van der Waals surface area (Å²) in [5.41, 5.74) is 1.48. The Bertz CT molecular complexity index is 1240. The Morgan fingerprint density at radius 3 is 2.78 bits per heavy atom. The predicted octanol–water partition coefficient (Wildman–Crippen LogP) is 3.33. The first-order valence-electron chi connectivity index (χ1n) is 9.82. The fourth-order valence-corrected chi connectivity index (χ4v) is 3.55. The van der Waals surface area contributed by atoms with E-state index in [4.69, 9.17) is 9.15 Å². The van der Waals surface area contributed by atoms with Gasteiger partial charge in [-0.25, -0.2) is 4.98 Å². The first kappa shape index (κ1) is 20.9. The number of benzene rings is 2. The molecule has 0 radical (unpaired) electrons. The Morgan fingerprint density at radius 1 is 1.22 bits per heavy atom. The van der Waals surface area contributed by atoms with Crippen molar-refractivity contribution in [1.82, 2.24) is 10.3 Å². The molecule has 3 N–H and O–H groups in total. The molecule has 2 atom stereocenters. The van der Waals surface area contributed by atoms with Crippen LogP contribution in [0.1, 0.15) is 31.0 Å². The van der Waals surface area contributed by atoms with Crippen LogP contribution in [0.25, 0.3) is 11.5 Å². The lowest BCUT2D eigenvalue weighted by Crippen LogP contribution is -2.54. The molecule has 0 amide bonds. The van der Waals surface area contributed by atoms with E-state index in [2.05, 4.69) is 26.7 Å². The van der Waals surface area contributed by atoms with Crippen LogP contribution in [-0.4, -0.2) is 27.8 Å². The maximum absolute atomic E-state index is 11.0. The van der Waals surface area contributed by atoms with Crippen molar-refractivity contribution in [3.8, 4) is 29.5 Å². The number of aromatic nitrogens is 1. The Kier molecular flexibility index (Phi) is 5.50. The normalized spacial score (nSPS) is 19.1. The predicted molar refractivity (Wildman–Crippen MR) is 116 cm³/mol. The number of aliphatic imine (C=N–C) groups is 1. The molecule has 4 rings (SSSR count). The quantitative estimate of drug-likeness (QED) is 0.328. The van der Waals surface area contributed by atoms with Crippen molar-refractivity contribution >= 4 is 11.6 Å². The summed E-state index contributed by atoms with van der Waals surface area (Å²) in [5.74, 6) is 1.13. The number of hydrogen-bond acceptors (Lipinski definition) is 7. The van der Waals surface area contributed by atoms with E-state index in [-0.39, 0.29) is 5.96 Å². The van der Waals surface area contributed by atoms with Crippen LogP contribution < -0.4 is 15.4 Å². The van der Waals surface area contributed by atoms with Crippen molar-refractivity contribution in [2.24, 2.45) is 4.99 Å². The van der Waals surface area contributed by atoms with Gasteiger partial charge in [0.05, 0.1) is 23.9 Å². The van der Waals surface area contributed by atoms with Crippen molar-refractivity contribution in [2.75, 3.05) is 5.32 Å². The van der Waals surface area contributed by atoms with Crippen LogP contribution in [0.3, 0.4) is 0 Å². The monoisotopic (exact) mass is 428 g/mol. The van der Waals surface area contributed by atoms with Crippen LogP contribution in [0, 0.1) is 22.8 Å². The summed E-state index contributed by atoms with van der Waals surface area (Å²) < 4.78 is 11.3. The lowest BCUT2D eigenvalue weighted by atomic mass is 9.86. The first-order valence-corrected chi connectivity index (χ1v) is 9.82. The second-order valence-electron chi connectivity index (χ2n) is 7.74. The summed E-state index contributed by atoms with van der Waals surface area (Å²) in [5, 5.41) is 35.7. The number of oxazole rings is 1. The summed E-state index contributed by atoms with van der Waals surface area (Å²) in [4.78, 5) is 7.99. The van der Waals surface area contributed by atoms with Gasteiger partial charge in [0.15, 0.2) is 0 Å². The molecule has 0 spiro atoms. The van der Waals surface area contributed by atoms with Crippen molar-refractivity contribution in [2.45, 2.75) is 31.6 Å². The molecular formula is C23H20N6O3. The number of nitrogens with one attached hydrogen (secondary N) is 2. The van der Waals surface area contributed by atoms with E-state index < -0.39 is 17.7 Å². The minimum Gasteiger partial charge on any atom is -0.485 e. The maximum Gasteiger partial charge on any atom is 0.225 e. The van der Waals surface area contributed by atoms with Crippen LogP contribution in [0.2, 0.25) is 0 Å². The lowest BCUT2D eigenvalue weighted by molar-refractivity contribution is -0.0610. The second-order valence-corrected chi connectivity index (χ2v) is 7.74. The molecule has 0 aliphatic carbocycles. The van der Waals surface area contributed by atoms with Gasteiger partial charge in [0, 0.05) is 16.8 Å². The molecule has 1 aliphatic rings. The smallest absolute Gasteiger partial charge is 0.225 e. The van der Waals surface area contributed by atoms with Gasteiger partial charge in [-0.1, -0.05) is 6.07 Å². The van der Waals surface area contributed by atoms with Crippen molar-refractivity contribution in [3.05, 3.63) is 66.1 Å². The molecule has 0 saturated carbocycles. The van der Waals surface area contributed by atoms with Gasteiger partial charge in [-0.2, -0.15) is 10.5 Å². The number of nitriles is 2. The van der Waals surface area contributed by atoms with Crippen LogP contribution in [0.5, 0.6) is 5.75 Å². The number of guanidine groups is 1. The average Bonchev–Trinajstić information content (AvgIpc) is 3.32. The Balaban J connectivity index is 1.65. The van der Waals surface area contributed by atoms with Crippen LogP contribution >= 0.6 is 0 Å². The number of anilines is 1. The van der Waals surface area contributed by atoms with Gasteiger partial charge in [-0.05, 0) is 50.2 Å². The summed E-state index contributed by atoms with van der Waals surface area (Å²) in [7, 11) is 0. The van der Waals surface area contributed by atoms with Crippen molar-refractivity contribution in [3.63, 3.8) is 0 Å². The lowest BCUT2D eigenvalue weighted by Gasteiger charge is -2.42. The van der Waals surface area contributed by atoms with Crippen LogP contribution in [-0.2, 0) is 0 Å². The highest BCUT2D eigenvalue weighted by atomic mass is 16.5. The summed E-state index contributed by atoms with van der Waals surface area (Å²) in [6, 6.07) is 13.7. The second kappa shape index (κ2) is 8.42. The number of hydrogen-bond donors (Lipinski definition) is 3. The molecule has 0 bridgehead atoms. The zero-order chi connectivity index (χ0) is 22.7. The minimum absolute atomic E-state index is 0.132. The van der Waals surface area contributed by atoms with E-state index in [1.165, 1.54) is 6.26 Å². The molecule has 0 fully saturated rings. The van der Waals surface area contributed by atoms with Gasteiger partial charge >= 0.3 is 0 Å². The Labute approximate surface area is 184 Å². The fraction of sp³-hybridized carbons (Fsp3) is 0.217. The SMILES string of the molecule is CC1(C)Oc2ccc(C#N)cc2[C@@H](NC(=NC#N)Nc2cccc(-c3ncco3)c2)[C@@H]1O. The third kappa shape index (κ3) is 4.10. The van der Waals surface area contributed by atoms with E-state index in [1.54, 1.807) is 56.6 Å². The van der Waals surface area contributed by atoms with Gasteiger partial charge in [-0.15, -0.1) is 4.99 Å². The zero-order valence-corrected chi connectivity index (χ0v) is 17.4. The van der Waals surface area contributed by atoms with Crippen molar-refractivity contribution in [1.29, 1.82) is 10.5 Å². The molecule has 1 aliphatic heterocycles. The number of nitrogens with zero attached hydrogens (tertiary/aromatic N) is 4. The minimum atomic E-state index is -0.992. The van der Waals surface area contributed by atoms with E-state index in [0.29, 0.717) is 28.5 Å². The molecule has 0 saturated heterocycles. The van der Waals surface area contributed by atoms with E-state index in [0.717, 1.165) is 5.56 Å². The van der Waals surface area contributed by atoms with Gasteiger partial charge in [0.2, 0.25) is 18.0 Å². The third-order valence-corrected chi connectivity index (χ3v) is 5.13. The van der Waals surface area contributed by atoms with Crippen LogP contribution in [0.15, 0.2) is 64.3 Å². The van der Waals surface area contributed by atoms with Crippen LogP contribution in [0.4, 0.5) is 5.69 Å². The summed E-state index contributed by atoms with van der Waals surface area (Å²) >= 11 is 0. The van der Waals surface area contributed by atoms with Crippen molar-refractivity contribution < 1.29 is 14.3 Å². The molecule has 0 unspecified atom stereocenters. The van der Waals surface area contributed by atoms with E-state index in [1.807, 2.05) is 12.1 Å². The zero-order valence-electron chi connectivity index (χ0n) is 17.4. The highest BCUT2D eigenvalue weighted by Crippen LogP contribution is 2.40. The van der Waals surface area contributed by atoms with Gasteiger partial charge in [-0.3, -0.25) is 0 Å². The Hall–Kier alpha value is -4.34. The van der Waals surface area contributed by atoms with Gasteiger partial charge in [0.25, 0.3) is 0 Å². The van der Waals surface area contributed by atoms with E-state index >= 15 is 0 Å². The highest BCUT2D eigenvalue weighted by Gasteiger charge is 2.43. The third-order valence-electron chi connectivity index (χ3n) is 5.13. The molecule has 2 heterocycles. The topological polar surface area (TPSA) is 139 Å². The molecule has 2 aromatic carbocycles. The molecular weight excluding hydrogens is 408 g/mol. The summed E-state index contributed by atoms with van der Waals surface area (Å²) in [6.07, 6.45) is 3.82. The number of aliphatic hydroxyl groups excluding tert-OH is 1. The molecule has 9 heteroatoms. The number of rotatable bonds is 3. The Morgan fingerprint density at radius 2 is 2.06 bits per heavy atom. The van der Waals surface area contributed by atoms with E-state index in [9.17, 15) is 15.6 Å². The molecule has 160 valence electrons. The number of ether oxygens (including phenoxy) is 1. The summed E-state index contributed by atoms with van der Waals surface area (Å²) in [6.45, 7) is 3.53.